The summed E-state index contributed by atoms with van der Waals surface area (Å²) >= 11 is 1.71. The van der Waals surface area contributed by atoms with Crippen LogP contribution in [0.1, 0.15) is 18.4 Å². The molecule has 5 heteroatoms. The van der Waals surface area contributed by atoms with Gasteiger partial charge < -0.3 is 10.6 Å². The first-order valence-corrected chi connectivity index (χ1v) is 7.58. The zero-order chi connectivity index (χ0) is 13.7. The zero-order valence-electron chi connectivity index (χ0n) is 11.0. The molecule has 1 aromatic carbocycles. The van der Waals surface area contributed by atoms with Gasteiger partial charge in [-0.2, -0.15) is 0 Å². The summed E-state index contributed by atoms with van der Waals surface area (Å²) < 4.78 is 13.0. The molecule has 1 saturated heterocycles. The van der Waals surface area contributed by atoms with E-state index < -0.39 is 0 Å². The lowest BCUT2D eigenvalue weighted by atomic mass is 10.2. The van der Waals surface area contributed by atoms with E-state index in [0.29, 0.717) is 16.7 Å². The van der Waals surface area contributed by atoms with Crippen LogP contribution < -0.4 is 10.6 Å². The largest absolute Gasteiger partial charge is 0.325 e. The maximum Gasteiger partial charge on any atom is 0.234 e. The standard InChI is InChI=1S/C14H19FN2OS/c1-10-8-11(15)2-3-13(10)17-14(18)9-19-12-4-6-16-7-5-12/h2-3,8,12,16H,4-7,9H2,1H3,(H,17,18). The van der Waals surface area contributed by atoms with Gasteiger partial charge in [0, 0.05) is 10.9 Å². The number of piperidine rings is 1. The summed E-state index contributed by atoms with van der Waals surface area (Å²) in [6.07, 6.45) is 2.24. The van der Waals surface area contributed by atoms with Crippen molar-refractivity contribution in [2.24, 2.45) is 0 Å². The van der Waals surface area contributed by atoms with Gasteiger partial charge >= 0.3 is 0 Å². The molecule has 1 fully saturated rings. The minimum Gasteiger partial charge on any atom is -0.325 e. The highest BCUT2D eigenvalue weighted by molar-refractivity contribution is 8.00. The van der Waals surface area contributed by atoms with Crippen LogP contribution in [0.4, 0.5) is 10.1 Å². The molecule has 1 amide bonds. The molecule has 0 bridgehead atoms. The molecule has 0 spiro atoms. The number of rotatable bonds is 4. The molecule has 0 aliphatic carbocycles. The Morgan fingerprint density at radius 3 is 2.89 bits per heavy atom. The third kappa shape index (κ3) is 4.51. The van der Waals surface area contributed by atoms with Crippen molar-refractivity contribution in [3.8, 4) is 0 Å². The molecule has 0 saturated carbocycles. The van der Waals surface area contributed by atoms with Crippen molar-refractivity contribution in [1.29, 1.82) is 0 Å². The van der Waals surface area contributed by atoms with E-state index in [1.807, 2.05) is 0 Å². The number of benzene rings is 1. The Labute approximate surface area is 117 Å². The monoisotopic (exact) mass is 282 g/mol. The van der Waals surface area contributed by atoms with Gasteiger partial charge in [-0.3, -0.25) is 4.79 Å². The average Bonchev–Trinajstić information content (AvgIpc) is 2.41. The number of hydrogen-bond donors (Lipinski definition) is 2. The van der Waals surface area contributed by atoms with Crippen LogP contribution in [0.5, 0.6) is 0 Å². The smallest absolute Gasteiger partial charge is 0.234 e. The van der Waals surface area contributed by atoms with Gasteiger partial charge in [0.05, 0.1) is 5.75 Å². The normalized spacial score (nSPS) is 16.3. The average molecular weight is 282 g/mol. The molecule has 0 radical (unpaired) electrons. The minimum atomic E-state index is -0.278. The molecular formula is C14H19FN2OS. The van der Waals surface area contributed by atoms with Crippen LogP contribution in [0.2, 0.25) is 0 Å². The molecule has 0 aromatic heterocycles. The van der Waals surface area contributed by atoms with E-state index in [0.717, 1.165) is 31.5 Å². The second kappa shape index (κ2) is 6.91. The fourth-order valence-electron chi connectivity index (χ4n) is 2.11. The van der Waals surface area contributed by atoms with E-state index in [1.54, 1.807) is 24.8 Å². The number of hydrogen-bond acceptors (Lipinski definition) is 3. The van der Waals surface area contributed by atoms with Gasteiger partial charge in [0.2, 0.25) is 5.91 Å². The number of thioether (sulfide) groups is 1. The van der Waals surface area contributed by atoms with Crippen LogP contribution in [0.15, 0.2) is 18.2 Å². The summed E-state index contributed by atoms with van der Waals surface area (Å²) in [6, 6.07) is 4.40. The molecule has 1 heterocycles. The lowest BCUT2D eigenvalue weighted by Gasteiger charge is -2.21. The number of carbonyl (C=O) groups is 1. The van der Waals surface area contributed by atoms with Crippen molar-refractivity contribution in [3.63, 3.8) is 0 Å². The van der Waals surface area contributed by atoms with Crippen LogP contribution in [0, 0.1) is 12.7 Å². The lowest BCUT2D eigenvalue weighted by Crippen LogP contribution is -2.30. The summed E-state index contributed by atoms with van der Waals surface area (Å²) in [5.41, 5.74) is 1.44. The van der Waals surface area contributed by atoms with Gasteiger partial charge in [0.1, 0.15) is 5.82 Å². The second-order valence-electron chi connectivity index (χ2n) is 4.77. The van der Waals surface area contributed by atoms with E-state index in [2.05, 4.69) is 10.6 Å². The summed E-state index contributed by atoms with van der Waals surface area (Å²) in [6.45, 7) is 3.87. The Morgan fingerprint density at radius 2 is 2.21 bits per heavy atom. The molecule has 2 N–H and O–H groups in total. The highest BCUT2D eigenvalue weighted by atomic mass is 32.2. The summed E-state index contributed by atoms with van der Waals surface area (Å²) in [4.78, 5) is 11.9. The van der Waals surface area contributed by atoms with E-state index >= 15 is 0 Å². The fourth-order valence-corrected chi connectivity index (χ4v) is 3.14. The van der Waals surface area contributed by atoms with Crippen molar-refractivity contribution in [1.82, 2.24) is 5.32 Å². The van der Waals surface area contributed by atoms with Gasteiger partial charge in [-0.1, -0.05) is 0 Å². The van der Waals surface area contributed by atoms with E-state index in [1.165, 1.54) is 12.1 Å². The Balaban J connectivity index is 1.80. The van der Waals surface area contributed by atoms with Crippen LogP contribution in [0.25, 0.3) is 0 Å². The molecule has 19 heavy (non-hydrogen) atoms. The Morgan fingerprint density at radius 1 is 1.47 bits per heavy atom. The van der Waals surface area contributed by atoms with E-state index in [9.17, 15) is 9.18 Å². The number of nitrogens with one attached hydrogen (secondary N) is 2. The number of aryl methyl sites for hydroxylation is 1. The first kappa shape index (κ1) is 14.3. The van der Waals surface area contributed by atoms with Crippen molar-refractivity contribution in [3.05, 3.63) is 29.6 Å². The first-order chi connectivity index (χ1) is 9.15. The molecule has 1 aliphatic heterocycles. The molecule has 104 valence electrons. The Kier molecular flexibility index (Phi) is 5.22. The third-order valence-corrected chi connectivity index (χ3v) is 4.57. The van der Waals surface area contributed by atoms with Crippen molar-refractivity contribution >= 4 is 23.4 Å². The van der Waals surface area contributed by atoms with Gasteiger partial charge in [0.15, 0.2) is 0 Å². The predicted molar refractivity (Wildman–Crippen MR) is 78.1 cm³/mol. The number of carbonyl (C=O) groups excluding carboxylic acids is 1. The highest BCUT2D eigenvalue weighted by Gasteiger charge is 2.15. The molecule has 0 atom stereocenters. The molecule has 2 rings (SSSR count). The fraction of sp³-hybridized carbons (Fsp3) is 0.500. The van der Waals surface area contributed by atoms with Crippen molar-refractivity contribution < 1.29 is 9.18 Å². The maximum atomic E-state index is 13.0. The van der Waals surface area contributed by atoms with Gasteiger partial charge in [-0.25, -0.2) is 4.39 Å². The summed E-state index contributed by atoms with van der Waals surface area (Å²) in [5, 5.41) is 6.71. The predicted octanol–water partition coefficient (Wildman–Crippen LogP) is 2.56. The maximum absolute atomic E-state index is 13.0. The minimum absolute atomic E-state index is 0.0155. The Hall–Kier alpha value is -1.07. The Bertz CT molecular complexity index is 447. The first-order valence-electron chi connectivity index (χ1n) is 6.53. The van der Waals surface area contributed by atoms with E-state index in [4.69, 9.17) is 0 Å². The quantitative estimate of drug-likeness (QED) is 0.892. The van der Waals surface area contributed by atoms with Crippen LogP contribution >= 0.6 is 11.8 Å². The number of amides is 1. The van der Waals surface area contributed by atoms with Crippen molar-refractivity contribution in [2.45, 2.75) is 25.0 Å². The summed E-state index contributed by atoms with van der Waals surface area (Å²) in [7, 11) is 0. The zero-order valence-corrected chi connectivity index (χ0v) is 11.9. The lowest BCUT2D eigenvalue weighted by molar-refractivity contribution is -0.113. The second-order valence-corrected chi connectivity index (χ2v) is 6.06. The molecule has 1 aliphatic rings. The molecular weight excluding hydrogens is 263 g/mol. The van der Waals surface area contributed by atoms with Gasteiger partial charge in [0.25, 0.3) is 0 Å². The van der Waals surface area contributed by atoms with Gasteiger partial charge in [-0.15, -0.1) is 11.8 Å². The number of halogens is 1. The van der Waals surface area contributed by atoms with Crippen molar-refractivity contribution in [2.75, 3.05) is 24.2 Å². The SMILES string of the molecule is Cc1cc(F)ccc1NC(=O)CSC1CCNCC1. The third-order valence-electron chi connectivity index (χ3n) is 3.20. The molecule has 0 unspecified atom stereocenters. The molecule has 3 nitrogen and oxygen atoms in total. The highest BCUT2D eigenvalue weighted by Crippen LogP contribution is 2.21. The van der Waals surface area contributed by atoms with Crippen LogP contribution in [-0.4, -0.2) is 30.0 Å². The summed E-state index contributed by atoms with van der Waals surface area (Å²) in [5.74, 6) is 0.166. The van der Waals surface area contributed by atoms with Gasteiger partial charge in [-0.05, 0) is 56.6 Å². The van der Waals surface area contributed by atoms with Crippen LogP contribution in [-0.2, 0) is 4.79 Å². The number of anilines is 1. The van der Waals surface area contributed by atoms with E-state index in [-0.39, 0.29) is 11.7 Å². The topological polar surface area (TPSA) is 41.1 Å². The molecule has 1 aromatic rings. The van der Waals surface area contributed by atoms with Crippen LogP contribution in [0.3, 0.4) is 0 Å².